The highest BCUT2D eigenvalue weighted by molar-refractivity contribution is 6.10. The summed E-state index contributed by atoms with van der Waals surface area (Å²) in [5.74, 6) is 0.599. The van der Waals surface area contributed by atoms with E-state index < -0.39 is 6.04 Å². The Balaban J connectivity index is 1.34. The fourth-order valence-electron chi connectivity index (χ4n) is 4.99. The van der Waals surface area contributed by atoms with Crippen LogP contribution in [0.4, 0.5) is 5.69 Å². The minimum absolute atomic E-state index is 0.00614. The van der Waals surface area contributed by atoms with Crippen molar-refractivity contribution < 1.29 is 14.3 Å². The Morgan fingerprint density at radius 1 is 0.943 bits per heavy atom. The van der Waals surface area contributed by atoms with Crippen molar-refractivity contribution in [1.82, 2.24) is 9.88 Å². The molecule has 1 amide bonds. The number of aromatic amines is 1. The number of methoxy groups -OCH3 is 1. The number of nitrogens with one attached hydrogen (secondary N) is 2. The second-order valence-electron chi connectivity index (χ2n) is 8.93. The number of rotatable bonds is 7. The molecule has 0 saturated carbocycles. The van der Waals surface area contributed by atoms with E-state index in [9.17, 15) is 9.59 Å². The number of piperidine rings is 1. The van der Waals surface area contributed by atoms with Gasteiger partial charge in [0.2, 0.25) is 5.91 Å². The second kappa shape index (κ2) is 10.2. The van der Waals surface area contributed by atoms with Gasteiger partial charge < -0.3 is 15.0 Å². The molecule has 0 radical (unpaired) electrons. The minimum Gasteiger partial charge on any atom is -0.495 e. The maximum atomic E-state index is 13.9. The summed E-state index contributed by atoms with van der Waals surface area (Å²) < 4.78 is 5.36. The van der Waals surface area contributed by atoms with Crippen LogP contribution < -0.4 is 10.1 Å². The number of anilines is 1. The summed E-state index contributed by atoms with van der Waals surface area (Å²) in [7, 11) is 1.60. The number of hydrogen-bond donors (Lipinski definition) is 2. The number of carbonyl (C=O) groups is 2. The molecule has 6 nitrogen and oxygen atoms in total. The normalized spacial score (nSPS) is 15.6. The van der Waals surface area contributed by atoms with Gasteiger partial charge in [-0.05, 0) is 49.7 Å². The highest BCUT2D eigenvalue weighted by Crippen LogP contribution is 2.33. The van der Waals surface area contributed by atoms with E-state index in [0.29, 0.717) is 42.9 Å². The van der Waals surface area contributed by atoms with Gasteiger partial charge in [0, 0.05) is 28.6 Å². The van der Waals surface area contributed by atoms with Gasteiger partial charge in [-0.15, -0.1) is 0 Å². The van der Waals surface area contributed by atoms with E-state index >= 15 is 0 Å². The number of ketones is 1. The molecule has 3 aromatic carbocycles. The number of para-hydroxylation sites is 3. The van der Waals surface area contributed by atoms with E-state index in [-0.39, 0.29) is 17.6 Å². The van der Waals surface area contributed by atoms with Gasteiger partial charge in [0.15, 0.2) is 5.78 Å². The Bertz CT molecular complexity index is 1320. The summed E-state index contributed by atoms with van der Waals surface area (Å²) in [6.45, 7) is 1.33. The Hall–Kier alpha value is -3.90. The van der Waals surface area contributed by atoms with Crippen LogP contribution >= 0.6 is 0 Å². The monoisotopic (exact) mass is 467 g/mol. The van der Waals surface area contributed by atoms with Crippen LogP contribution in [0.1, 0.15) is 34.8 Å². The van der Waals surface area contributed by atoms with Gasteiger partial charge in [0.1, 0.15) is 5.75 Å². The highest BCUT2D eigenvalue weighted by Gasteiger charge is 2.34. The average molecular weight is 468 g/mol. The summed E-state index contributed by atoms with van der Waals surface area (Å²) in [6, 6.07) is 24.8. The van der Waals surface area contributed by atoms with Crippen LogP contribution in [0.2, 0.25) is 0 Å². The van der Waals surface area contributed by atoms with Crippen molar-refractivity contribution in [3.05, 3.63) is 96.2 Å². The number of Topliss-reactive ketones (excluding diaryl/α,β-unsaturated/α-hetero) is 1. The number of hydrogen-bond acceptors (Lipinski definition) is 4. The van der Waals surface area contributed by atoms with Crippen molar-refractivity contribution in [2.75, 3.05) is 25.5 Å². The molecule has 35 heavy (non-hydrogen) atoms. The Kier molecular flexibility index (Phi) is 6.64. The second-order valence-corrected chi connectivity index (χ2v) is 8.93. The average Bonchev–Trinajstić information content (AvgIpc) is 3.34. The van der Waals surface area contributed by atoms with Gasteiger partial charge in [-0.3, -0.25) is 14.5 Å². The van der Waals surface area contributed by atoms with E-state index in [0.717, 1.165) is 16.5 Å². The molecule has 6 heteroatoms. The molecule has 4 aromatic rings. The molecule has 1 aromatic heterocycles. The quantitative estimate of drug-likeness (QED) is 0.355. The molecule has 0 aliphatic carbocycles. The van der Waals surface area contributed by atoms with Crippen molar-refractivity contribution in [2.45, 2.75) is 18.9 Å². The predicted molar refractivity (Wildman–Crippen MR) is 138 cm³/mol. The molecule has 2 heterocycles. The van der Waals surface area contributed by atoms with Gasteiger partial charge in [-0.2, -0.15) is 0 Å². The third-order valence-electron chi connectivity index (χ3n) is 6.85. The zero-order chi connectivity index (χ0) is 24.2. The molecule has 0 spiro atoms. The smallest absolute Gasteiger partial charge is 0.227 e. The molecular weight excluding hydrogens is 438 g/mol. The van der Waals surface area contributed by atoms with Gasteiger partial charge >= 0.3 is 0 Å². The van der Waals surface area contributed by atoms with Gasteiger partial charge in [0.25, 0.3) is 0 Å². The Labute approximate surface area is 204 Å². The first kappa shape index (κ1) is 22.9. The molecule has 1 aliphatic rings. The van der Waals surface area contributed by atoms with Gasteiger partial charge in [0.05, 0.1) is 18.8 Å². The van der Waals surface area contributed by atoms with E-state index in [1.165, 1.54) is 0 Å². The molecule has 5 rings (SSSR count). The lowest BCUT2D eigenvalue weighted by atomic mass is 9.90. The number of aromatic nitrogens is 1. The first-order chi connectivity index (χ1) is 17.2. The van der Waals surface area contributed by atoms with Crippen molar-refractivity contribution in [2.24, 2.45) is 5.92 Å². The third kappa shape index (κ3) is 4.70. The molecule has 2 N–H and O–H groups in total. The number of likely N-dealkylation sites (tertiary alicyclic amines) is 1. The summed E-state index contributed by atoms with van der Waals surface area (Å²) in [6.07, 6.45) is 3.19. The fourth-order valence-corrected chi connectivity index (χ4v) is 4.99. The minimum atomic E-state index is -0.395. The predicted octanol–water partition coefficient (Wildman–Crippen LogP) is 5.45. The first-order valence-electron chi connectivity index (χ1n) is 12.0. The summed E-state index contributed by atoms with van der Waals surface area (Å²) in [4.78, 5) is 32.3. The van der Waals surface area contributed by atoms with Crippen LogP contribution in [0.3, 0.4) is 0 Å². The Morgan fingerprint density at radius 2 is 1.63 bits per heavy atom. The van der Waals surface area contributed by atoms with Crippen LogP contribution in [0, 0.1) is 5.92 Å². The number of ether oxygens (including phenoxy) is 1. The molecule has 178 valence electrons. The van der Waals surface area contributed by atoms with E-state index in [4.69, 9.17) is 4.74 Å². The van der Waals surface area contributed by atoms with Crippen LogP contribution in [0.5, 0.6) is 5.75 Å². The maximum absolute atomic E-state index is 13.9. The number of H-pyrrole nitrogens is 1. The van der Waals surface area contributed by atoms with Gasteiger partial charge in [-0.25, -0.2) is 0 Å². The number of benzene rings is 3. The van der Waals surface area contributed by atoms with Crippen molar-refractivity contribution in [3.8, 4) is 5.75 Å². The molecular formula is C29H29N3O3. The van der Waals surface area contributed by atoms with E-state index in [1.807, 2.05) is 85.1 Å². The SMILES string of the molecule is COc1ccccc1NC(=O)C1CCN(C(C(=O)c2c[nH]c3ccccc23)c2ccccc2)CC1. The lowest BCUT2D eigenvalue weighted by Crippen LogP contribution is -2.42. The van der Waals surface area contributed by atoms with Crippen LogP contribution in [-0.2, 0) is 4.79 Å². The van der Waals surface area contributed by atoms with Crippen LogP contribution in [0.15, 0.2) is 85.1 Å². The van der Waals surface area contributed by atoms with Crippen LogP contribution in [0.25, 0.3) is 10.9 Å². The van der Waals surface area contributed by atoms with Crippen molar-refractivity contribution in [3.63, 3.8) is 0 Å². The maximum Gasteiger partial charge on any atom is 0.227 e. The number of fused-ring (bicyclic) bond motifs is 1. The zero-order valence-corrected chi connectivity index (χ0v) is 19.7. The zero-order valence-electron chi connectivity index (χ0n) is 19.7. The van der Waals surface area contributed by atoms with Crippen LogP contribution in [-0.4, -0.2) is 41.8 Å². The third-order valence-corrected chi connectivity index (χ3v) is 6.85. The standard InChI is InChI=1S/C29H29N3O3/c1-35-26-14-8-7-13-25(26)31-29(34)21-15-17-32(18-16-21)27(20-9-3-2-4-10-20)28(33)23-19-30-24-12-6-5-11-22(23)24/h2-14,19,21,27,30H,15-18H2,1H3,(H,31,34). The number of carbonyl (C=O) groups excluding carboxylic acids is 2. The Morgan fingerprint density at radius 3 is 2.40 bits per heavy atom. The van der Waals surface area contributed by atoms with Crippen molar-refractivity contribution >= 4 is 28.3 Å². The highest BCUT2D eigenvalue weighted by atomic mass is 16.5. The number of nitrogens with zero attached hydrogens (tertiary/aromatic N) is 1. The molecule has 1 saturated heterocycles. The number of amides is 1. The summed E-state index contributed by atoms with van der Waals surface area (Å²) >= 11 is 0. The largest absolute Gasteiger partial charge is 0.495 e. The molecule has 1 atom stereocenters. The molecule has 0 bridgehead atoms. The molecule has 1 aliphatic heterocycles. The molecule has 1 unspecified atom stereocenters. The van der Waals surface area contributed by atoms with Gasteiger partial charge in [-0.1, -0.05) is 60.7 Å². The molecule has 1 fully saturated rings. The van der Waals surface area contributed by atoms with E-state index in [2.05, 4.69) is 15.2 Å². The fraction of sp³-hybridized carbons (Fsp3) is 0.241. The topological polar surface area (TPSA) is 74.4 Å². The first-order valence-corrected chi connectivity index (χ1v) is 12.0. The summed E-state index contributed by atoms with van der Waals surface area (Å²) in [5.41, 5.74) is 3.30. The summed E-state index contributed by atoms with van der Waals surface area (Å²) in [5, 5.41) is 3.95. The lowest BCUT2D eigenvalue weighted by molar-refractivity contribution is -0.121. The van der Waals surface area contributed by atoms with Crippen molar-refractivity contribution in [1.29, 1.82) is 0 Å². The van der Waals surface area contributed by atoms with E-state index in [1.54, 1.807) is 7.11 Å². The lowest BCUT2D eigenvalue weighted by Gasteiger charge is -2.36.